The molecule has 2 aliphatic rings. The maximum Gasteiger partial charge on any atom is 0.315 e. The van der Waals surface area contributed by atoms with Gasteiger partial charge in [-0.1, -0.05) is 6.42 Å². The van der Waals surface area contributed by atoms with Gasteiger partial charge in [0.25, 0.3) is 11.8 Å². The van der Waals surface area contributed by atoms with Crippen LogP contribution in [0.3, 0.4) is 0 Å². The zero-order chi connectivity index (χ0) is 28.5. The minimum absolute atomic E-state index is 0.0312. The third-order valence-electron chi connectivity index (χ3n) is 7.10. The summed E-state index contributed by atoms with van der Waals surface area (Å²) >= 11 is 1.86. The van der Waals surface area contributed by atoms with Crippen LogP contribution in [0.25, 0.3) is 0 Å². The monoisotopic (exact) mass is 567 g/mol. The highest BCUT2D eigenvalue weighted by molar-refractivity contribution is 8.00. The fourth-order valence-electron chi connectivity index (χ4n) is 4.87. The van der Waals surface area contributed by atoms with Gasteiger partial charge < -0.3 is 37.6 Å². The number of thioether (sulfide) groups is 1. The van der Waals surface area contributed by atoms with Crippen molar-refractivity contribution in [1.29, 1.82) is 0 Å². The molecule has 12 heteroatoms. The Morgan fingerprint density at radius 2 is 1.40 bits per heavy atom. The van der Waals surface area contributed by atoms with E-state index in [2.05, 4.69) is 21.3 Å². The number of carbonyl (C=O) groups excluding carboxylic acids is 4. The second-order valence-corrected chi connectivity index (χ2v) is 11.3. The van der Waals surface area contributed by atoms with Gasteiger partial charge in [0.15, 0.2) is 0 Å². The van der Waals surface area contributed by atoms with Crippen molar-refractivity contribution in [2.75, 3.05) is 43.4 Å². The van der Waals surface area contributed by atoms with E-state index in [1.807, 2.05) is 11.8 Å². The zero-order valence-corrected chi connectivity index (χ0v) is 23.2. The maximum atomic E-state index is 13.1. The Balaban J connectivity index is 1.24. The SMILES string of the molecule is Nc1ccc(C(=O)NCCN(CCNC(=O)c2ccc(N)cc2)C(=O)CCCC[C@@H]2SCC3NC(=O)NC32)cc1. The molecule has 214 valence electrons. The predicted octanol–water partition coefficient (Wildman–Crippen LogP) is 1.57. The van der Waals surface area contributed by atoms with Crippen molar-refractivity contribution in [2.45, 2.75) is 43.0 Å². The van der Waals surface area contributed by atoms with Gasteiger partial charge in [-0.3, -0.25) is 14.4 Å². The van der Waals surface area contributed by atoms with Crippen LogP contribution < -0.4 is 32.7 Å². The highest BCUT2D eigenvalue weighted by atomic mass is 32.2. The number of nitrogens with one attached hydrogen (secondary N) is 4. The van der Waals surface area contributed by atoms with E-state index in [4.69, 9.17) is 11.5 Å². The van der Waals surface area contributed by atoms with Crippen molar-refractivity contribution >= 4 is 46.9 Å². The van der Waals surface area contributed by atoms with Crippen LogP contribution in [0.2, 0.25) is 0 Å². The zero-order valence-electron chi connectivity index (χ0n) is 22.4. The highest BCUT2D eigenvalue weighted by Crippen LogP contribution is 2.33. The number of amides is 5. The molecular weight excluding hydrogens is 530 g/mol. The smallest absolute Gasteiger partial charge is 0.315 e. The number of unbranched alkanes of at least 4 members (excludes halogenated alkanes) is 1. The third kappa shape index (κ3) is 8.04. The van der Waals surface area contributed by atoms with Gasteiger partial charge in [-0.05, 0) is 61.4 Å². The number of urea groups is 1. The molecule has 2 aromatic rings. The summed E-state index contributed by atoms with van der Waals surface area (Å²) in [5, 5.41) is 12.0. The summed E-state index contributed by atoms with van der Waals surface area (Å²) in [5.41, 5.74) is 13.5. The summed E-state index contributed by atoms with van der Waals surface area (Å²) in [4.78, 5) is 51.4. The van der Waals surface area contributed by atoms with Gasteiger partial charge in [0.1, 0.15) is 0 Å². The molecule has 2 fully saturated rings. The first-order valence-electron chi connectivity index (χ1n) is 13.5. The Bertz CT molecular complexity index is 1130. The highest BCUT2D eigenvalue weighted by Gasteiger charge is 2.42. The predicted molar refractivity (Wildman–Crippen MR) is 157 cm³/mol. The van der Waals surface area contributed by atoms with Crippen molar-refractivity contribution in [3.63, 3.8) is 0 Å². The lowest BCUT2D eigenvalue weighted by Gasteiger charge is -2.23. The molecule has 2 aromatic carbocycles. The van der Waals surface area contributed by atoms with Gasteiger partial charge in [0, 0.05) is 66.1 Å². The number of nitrogens with zero attached hydrogens (tertiary/aromatic N) is 1. The van der Waals surface area contributed by atoms with Crippen molar-refractivity contribution < 1.29 is 19.2 Å². The van der Waals surface area contributed by atoms with E-state index in [1.165, 1.54) is 0 Å². The van der Waals surface area contributed by atoms with Gasteiger partial charge in [-0.25, -0.2) is 4.79 Å². The topological polar surface area (TPSA) is 172 Å². The van der Waals surface area contributed by atoms with E-state index in [0.717, 1.165) is 25.0 Å². The number of carbonyl (C=O) groups is 4. The Hall–Kier alpha value is -3.93. The molecule has 5 amide bonds. The number of hydrogen-bond acceptors (Lipinski definition) is 7. The average molecular weight is 568 g/mol. The number of nitrogen functional groups attached to an aromatic ring is 2. The Morgan fingerprint density at radius 3 is 1.95 bits per heavy atom. The van der Waals surface area contributed by atoms with Crippen LogP contribution in [0.5, 0.6) is 0 Å². The van der Waals surface area contributed by atoms with Gasteiger partial charge in [0.05, 0.1) is 12.1 Å². The molecule has 40 heavy (non-hydrogen) atoms. The fourth-order valence-corrected chi connectivity index (χ4v) is 6.41. The summed E-state index contributed by atoms with van der Waals surface area (Å²) in [6.45, 7) is 1.18. The molecule has 3 atom stereocenters. The minimum Gasteiger partial charge on any atom is -0.399 e. The van der Waals surface area contributed by atoms with Crippen LogP contribution >= 0.6 is 11.8 Å². The summed E-state index contributed by atoms with van der Waals surface area (Å²) in [5.74, 6) is 0.386. The molecule has 0 bridgehead atoms. The van der Waals surface area contributed by atoms with Crippen LogP contribution in [0.15, 0.2) is 48.5 Å². The summed E-state index contributed by atoms with van der Waals surface area (Å²) in [7, 11) is 0. The largest absolute Gasteiger partial charge is 0.399 e. The summed E-state index contributed by atoms with van der Waals surface area (Å²) in [6, 6.07) is 13.5. The number of fused-ring (bicyclic) bond motifs is 1. The molecule has 11 nitrogen and oxygen atoms in total. The number of nitrogens with two attached hydrogens (primary N) is 2. The molecule has 2 saturated heterocycles. The average Bonchev–Trinajstić information content (AvgIpc) is 3.49. The first-order valence-corrected chi connectivity index (χ1v) is 14.6. The molecule has 0 aliphatic carbocycles. The van der Waals surface area contributed by atoms with E-state index >= 15 is 0 Å². The van der Waals surface area contributed by atoms with Crippen LogP contribution in [0.1, 0.15) is 46.4 Å². The molecule has 2 heterocycles. The number of anilines is 2. The second-order valence-electron chi connectivity index (χ2n) is 10.0. The van der Waals surface area contributed by atoms with Crippen molar-refractivity contribution in [3.8, 4) is 0 Å². The third-order valence-corrected chi connectivity index (χ3v) is 8.61. The molecule has 2 unspecified atom stereocenters. The lowest BCUT2D eigenvalue weighted by molar-refractivity contribution is -0.131. The van der Waals surface area contributed by atoms with Crippen LogP contribution in [0.4, 0.5) is 16.2 Å². The molecule has 0 spiro atoms. The van der Waals surface area contributed by atoms with Gasteiger partial charge in [-0.2, -0.15) is 11.8 Å². The normalized spacial score (nSPS) is 19.3. The summed E-state index contributed by atoms with van der Waals surface area (Å²) in [6.07, 6.45) is 2.89. The van der Waals surface area contributed by atoms with Crippen molar-refractivity contribution in [3.05, 3.63) is 59.7 Å². The first kappa shape index (κ1) is 29.1. The van der Waals surface area contributed by atoms with Crippen LogP contribution in [0, 0.1) is 0 Å². The molecule has 4 rings (SSSR count). The van der Waals surface area contributed by atoms with Crippen molar-refractivity contribution in [2.24, 2.45) is 0 Å². The Kier molecular flexibility index (Phi) is 10.1. The minimum atomic E-state index is -0.245. The van der Waals surface area contributed by atoms with Crippen molar-refractivity contribution in [1.82, 2.24) is 26.2 Å². The van der Waals surface area contributed by atoms with E-state index < -0.39 is 0 Å². The Morgan fingerprint density at radius 1 is 0.850 bits per heavy atom. The fraction of sp³-hybridized carbons (Fsp3) is 0.429. The maximum absolute atomic E-state index is 13.1. The quantitative estimate of drug-likeness (QED) is 0.121. The second kappa shape index (κ2) is 13.9. The standard InChI is InChI=1S/C28H37N7O4S/c29-20-9-5-18(6-10-20)26(37)31-13-15-35(16-14-32-27(38)19-7-11-21(30)12-8-19)24(36)4-2-1-3-23-25-22(17-40-23)33-28(39)34-25/h5-12,22-23,25H,1-4,13-17,29-30H2,(H,31,37)(H,32,38)(H2,33,34,39)/t22?,23-,25?/m0/s1. The number of benzene rings is 2. The van der Waals surface area contributed by atoms with Gasteiger partial charge in [-0.15, -0.1) is 0 Å². The van der Waals surface area contributed by atoms with E-state index in [0.29, 0.717) is 47.3 Å². The first-order chi connectivity index (χ1) is 19.3. The molecule has 0 saturated carbocycles. The number of rotatable bonds is 13. The van der Waals surface area contributed by atoms with E-state index in [9.17, 15) is 19.2 Å². The lowest BCUT2D eigenvalue weighted by atomic mass is 10.0. The van der Waals surface area contributed by atoms with Crippen LogP contribution in [-0.4, -0.2) is 77.9 Å². The van der Waals surface area contributed by atoms with Crippen LogP contribution in [-0.2, 0) is 4.79 Å². The molecule has 2 aliphatic heterocycles. The molecule has 0 aromatic heterocycles. The Labute approximate surface area is 238 Å². The van der Waals surface area contributed by atoms with Gasteiger partial charge >= 0.3 is 6.03 Å². The van der Waals surface area contributed by atoms with E-state index in [-0.39, 0.29) is 48.9 Å². The molecule has 0 radical (unpaired) electrons. The molecular formula is C28H37N7O4S. The van der Waals surface area contributed by atoms with E-state index in [1.54, 1.807) is 53.4 Å². The lowest BCUT2D eigenvalue weighted by Crippen LogP contribution is -2.42. The summed E-state index contributed by atoms with van der Waals surface area (Å²) < 4.78 is 0. The molecule has 8 N–H and O–H groups in total. The van der Waals surface area contributed by atoms with Gasteiger partial charge in [0.2, 0.25) is 5.91 Å². The number of hydrogen-bond donors (Lipinski definition) is 6.